The number of thiophene rings is 1. The van der Waals surface area contributed by atoms with Gasteiger partial charge in [-0.3, -0.25) is 28.9 Å². The van der Waals surface area contributed by atoms with E-state index in [9.17, 15) is 24.8 Å². The lowest BCUT2D eigenvalue weighted by Gasteiger charge is -2.20. The lowest BCUT2D eigenvalue weighted by Crippen LogP contribution is -2.41. The van der Waals surface area contributed by atoms with Crippen LogP contribution in [0.4, 0.5) is 5.69 Å². The standard InChI is InChI=1S/C27H34N6O5S/c1-3-12-32-26(35)24-25(31(27(32)36)13-11-20-7-9-21(10-8-20)33(37)38)28-23(19-22-6-5-18-39-22)30(24)15-14-29(4-2)16-17-34/h5-10,18,34H,3-4,11-17,19H2,1-2H3. The molecule has 11 nitrogen and oxygen atoms in total. The molecule has 0 aliphatic rings. The summed E-state index contributed by atoms with van der Waals surface area (Å²) in [5, 5.41) is 22.5. The highest BCUT2D eigenvalue weighted by atomic mass is 32.1. The zero-order chi connectivity index (χ0) is 27.9. The maximum Gasteiger partial charge on any atom is 0.332 e. The van der Waals surface area contributed by atoms with Gasteiger partial charge < -0.3 is 9.67 Å². The molecule has 0 saturated carbocycles. The van der Waals surface area contributed by atoms with Gasteiger partial charge in [0.1, 0.15) is 5.82 Å². The maximum absolute atomic E-state index is 13.7. The smallest absolute Gasteiger partial charge is 0.332 e. The number of benzene rings is 1. The zero-order valence-electron chi connectivity index (χ0n) is 22.3. The number of aryl methyl sites for hydroxylation is 2. The summed E-state index contributed by atoms with van der Waals surface area (Å²) in [6, 6.07) is 10.3. The molecule has 12 heteroatoms. The Bertz CT molecular complexity index is 1520. The van der Waals surface area contributed by atoms with Crippen molar-refractivity contribution in [2.24, 2.45) is 0 Å². The van der Waals surface area contributed by atoms with Crippen molar-refractivity contribution in [1.29, 1.82) is 0 Å². The molecule has 0 aliphatic carbocycles. The molecule has 3 heterocycles. The third kappa shape index (κ3) is 6.35. The molecule has 39 heavy (non-hydrogen) atoms. The number of rotatable bonds is 14. The summed E-state index contributed by atoms with van der Waals surface area (Å²) < 4.78 is 4.79. The molecule has 0 unspecified atom stereocenters. The van der Waals surface area contributed by atoms with E-state index in [-0.39, 0.29) is 24.4 Å². The number of nitro groups is 1. The molecule has 0 radical (unpaired) electrons. The van der Waals surface area contributed by atoms with Crippen LogP contribution in [0.5, 0.6) is 0 Å². The molecule has 0 bridgehead atoms. The van der Waals surface area contributed by atoms with Gasteiger partial charge in [0, 0.05) is 56.2 Å². The molecular formula is C27H34N6O5S. The lowest BCUT2D eigenvalue weighted by atomic mass is 10.1. The van der Waals surface area contributed by atoms with Crippen LogP contribution in [-0.2, 0) is 32.5 Å². The number of hydrogen-bond donors (Lipinski definition) is 1. The quantitative estimate of drug-likeness (QED) is 0.187. The topological polar surface area (TPSA) is 128 Å². The highest BCUT2D eigenvalue weighted by molar-refractivity contribution is 7.09. The number of nitro benzene ring substituents is 1. The molecule has 0 aliphatic heterocycles. The van der Waals surface area contributed by atoms with Crippen molar-refractivity contribution in [3.05, 3.63) is 89.0 Å². The fraction of sp³-hybridized carbons (Fsp3) is 0.444. The van der Waals surface area contributed by atoms with E-state index in [1.165, 1.54) is 16.7 Å². The molecule has 4 aromatic rings. The van der Waals surface area contributed by atoms with Gasteiger partial charge >= 0.3 is 5.69 Å². The van der Waals surface area contributed by atoms with Crippen LogP contribution < -0.4 is 11.2 Å². The van der Waals surface area contributed by atoms with Crippen LogP contribution in [0.1, 0.15) is 36.5 Å². The second kappa shape index (κ2) is 13.0. The third-order valence-electron chi connectivity index (χ3n) is 6.83. The molecule has 0 saturated heterocycles. The minimum Gasteiger partial charge on any atom is -0.395 e. The predicted octanol–water partition coefficient (Wildman–Crippen LogP) is 2.89. The van der Waals surface area contributed by atoms with E-state index < -0.39 is 10.6 Å². The van der Waals surface area contributed by atoms with Gasteiger partial charge in [0.05, 0.1) is 11.5 Å². The molecule has 1 N–H and O–H groups in total. The Balaban J connectivity index is 1.81. The van der Waals surface area contributed by atoms with Crippen LogP contribution in [0, 0.1) is 10.1 Å². The number of likely N-dealkylation sites (N-methyl/N-ethyl adjacent to an activating group) is 1. The number of hydrogen-bond acceptors (Lipinski definition) is 8. The highest BCUT2D eigenvalue weighted by Crippen LogP contribution is 2.19. The van der Waals surface area contributed by atoms with E-state index >= 15 is 0 Å². The number of aliphatic hydroxyl groups is 1. The molecule has 1 aromatic carbocycles. The number of non-ortho nitro benzene ring substituents is 1. The normalized spacial score (nSPS) is 11.6. The zero-order valence-corrected chi connectivity index (χ0v) is 23.1. The van der Waals surface area contributed by atoms with E-state index in [0.717, 1.165) is 17.0 Å². The number of imidazole rings is 1. The van der Waals surface area contributed by atoms with Crippen molar-refractivity contribution >= 4 is 28.2 Å². The monoisotopic (exact) mass is 554 g/mol. The molecule has 0 spiro atoms. The van der Waals surface area contributed by atoms with Crippen molar-refractivity contribution in [1.82, 2.24) is 23.6 Å². The molecular weight excluding hydrogens is 520 g/mol. The fourth-order valence-electron chi connectivity index (χ4n) is 4.74. The Kier molecular flexibility index (Phi) is 9.44. The largest absolute Gasteiger partial charge is 0.395 e. The molecule has 3 aromatic heterocycles. The van der Waals surface area contributed by atoms with Crippen molar-refractivity contribution in [2.45, 2.75) is 52.7 Å². The number of aliphatic hydroxyl groups excluding tert-OH is 1. The Morgan fingerprint density at radius 2 is 1.79 bits per heavy atom. The Morgan fingerprint density at radius 1 is 1.03 bits per heavy atom. The Morgan fingerprint density at radius 3 is 2.41 bits per heavy atom. The summed E-state index contributed by atoms with van der Waals surface area (Å²) >= 11 is 1.61. The summed E-state index contributed by atoms with van der Waals surface area (Å²) in [6.07, 6.45) is 1.60. The van der Waals surface area contributed by atoms with Crippen LogP contribution >= 0.6 is 11.3 Å². The summed E-state index contributed by atoms with van der Waals surface area (Å²) in [5.41, 5.74) is 0.857. The van der Waals surface area contributed by atoms with Gasteiger partial charge in [0.2, 0.25) is 0 Å². The molecule has 0 fully saturated rings. The van der Waals surface area contributed by atoms with Gasteiger partial charge in [-0.25, -0.2) is 9.78 Å². The summed E-state index contributed by atoms with van der Waals surface area (Å²) in [6.45, 7) is 6.97. The van der Waals surface area contributed by atoms with Gasteiger partial charge in [-0.1, -0.05) is 32.0 Å². The molecule has 208 valence electrons. The van der Waals surface area contributed by atoms with Crippen molar-refractivity contribution in [2.75, 3.05) is 26.2 Å². The van der Waals surface area contributed by atoms with Crippen LogP contribution in [-0.4, -0.2) is 59.9 Å². The number of aromatic nitrogens is 4. The average molecular weight is 555 g/mol. The highest BCUT2D eigenvalue weighted by Gasteiger charge is 2.22. The Labute approximate surface area is 229 Å². The molecule has 0 amide bonds. The molecule has 0 atom stereocenters. The van der Waals surface area contributed by atoms with Crippen molar-refractivity contribution in [3.63, 3.8) is 0 Å². The minimum absolute atomic E-state index is 0.00841. The van der Waals surface area contributed by atoms with Crippen LogP contribution in [0.15, 0.2) is 51.4 Å². The first kappa shape index (κ1) is 28.4. The van der Waals surface area contributed by atoms with Crippen LogP contribution in [0.2, 0.25) is 0 Å². The second-order valence-corrected chi connectivity index (χ2v) is 10.4. The van der Waals surface area contributed by atoms with E-state index in [0.29, 0.717) is 62.4 Å². The third-order valence-corrected chi connectivity index (χ3v) is 7.70. The van der Waals surface area contributed by atoms with Gasteiger partial charge in [-0.05, 0) is 36.4 Å². The van der Waals surface area contributed by atoms with Gasteiger partial charge in [0.25, 0.3) is 11.2 Å². The summed E-state index contributed by atoms with van der Waals surface area (Å²) in [7, 11) is 0. The first-order chi connectivity index (χ1) is 18.9. The predicted molar refractivity (Wildman–Crippen MR) is 152 cm³/mol. The summed E-state index contributed by atoms with van der Waals surface area (Å²) in [5.74, 6) is 0.710. The van der Waals surface area contributed by atoms with E-state index in [4.69, 9.17) is 4.98 Å². The fourth-order valence-corrected chi connectivity index (χ4v) is 5.44. The Hall–Kier alpha value is -3.61. The SMILES string of the molecule is CCCn1c(=O)c2c(nc(Cc3cccs3)n2CCN(CC)CCO)n(CCc2ccc([N+](=O)[O-])cc2)c1=O. The lowest BCUT2D eigenvalue weighted by molar-refractivity contribution is -0.384. The first-order valence-electron chi connectivity index (χ1n) is 13.2. The number of nitrogens with zero attached hydrogens (tertiary/aromatic N) is 6. The van der Waals surface area contributed by atoms with Gasteiger partial charge in [-0.2, -0.15) is 0 Å². The van der Waals surface area contributed by atoms with Crippen LogP contribution in [0.25, 0.3) is 11.2 Å². The van der Waals surface area contributed by atoms with Crippen LogP contribution in [0.3, 0.4) is 0 Å². The summed E-state index contributed by atoms with van der Waals surface area (Å²) in [4.78, 5) is 45.9. The first-order valence-corrected chi connectivity index (χ1v) is 14.1. The second-order valence-electron chi connectivity index (χ2n) is 9.33. The average Bonchev–Trinajstić information content (AvgIpc) is 3.57. The van der Waals surface area contributed by atoms with Gasteiger partial charge in [-0.15, -0.1) is 11.3 Å². The maximum atomic E-state index is 13.7. The van der Waals surface area contributed by atoms with Crippen molar-refractivity contribution in [3.8, 4) is 0 Å². The number of fused-ring (bicyclic) bond motifs is 1. The van der Waals surface area contributed by atoms with E-state index in [2.05, 4.69) is 4.90 Å². The minimum atomic E-state index is -0.444. The molecule has 4 rings (SSSR count). The van der Waals surface area contributed by atoms with Crippen molar-refractivity contribution < 1.29 is 10.0 Å². The van der Waals surface area contributed by atoms with Gasteiger partial charge in [0.15, 0.2) is 11.2 Å². The van der Waals surface area contributed by atoms with E-state index in [1.54, 1.807) is 28.0 Å². The van der Waals surface area contributed by atoms with E-state index in [1.807, 2.05) is 35.9 Å².